The molecule has 0 aromatic rings. The Balaban J connectivity index is 2.12. The monoisotopic (exact) mass is 182 g/mol. The Hall–Kier alpha value is -0.570. The minimum absolute atomic E-state index is 0.175. The van der Waals surface area contributed by atoms with Crippen molar-refractivity contribution >= 4 is 6.41 Å². The molecule has 13 heavy (non-hydrogen) atoms. The largest absolute Gasteiger partial charge is 0.337 e. The molecule has 1 N–H and O–H groups in total. The SMILES string of the molecule is CC1CN(C=O)C2(CCCC2)CN1. The van der Waals surface area contributed by atoms with Gasteiger partial charge in [0.05, 0.1) is 5.54 Å². The Kier molecular flexibility index (Phi) is 2.28. The molecule has 1 aliphatic heterocycles. The van der Waals surface area contributed by atoms with Crippen LogP contribution in [0, 0.1) is 0 Å². The zero-order valence-electron chi connectivity index (χ0n) is 8.25. The fourth-order valence-corrected chi connectivity index (χ4v) is 2.67. The van der Waals surface area contributed by atoms with E-state index < -0.39 is 0 Å². The van der Waals surface area contributed by atoms with Crippen LogP contribution in [0.5, 0.6) is 0 Å². The molecule has 1 saturated heterocycles. The molecule has 0 bridgehead atoms. The van der Waals surface area contributed by atoms with E-state index in [0.717, 1.165) is 19.5 Å². The maximum Gasteiger partial charge on any atom is 0.210 e. The Bertz CT molecular complexity index is 199. The van der Waals surface area contributed by atoms with Gasteiger partial charge in [0.25, 0.3) is 0 Å². The number of nitrogens with zero attached hydrogens (tertiary/aromatic N) is 1. The van der Waals surface area contributed by atoms with E-state index in [-0.39, 0.29) is 5.54 Å². The van der Waals surface area contributed by atoms with Crippen LogP contribution in [0.15, 0.2) is 0 Å². The average Bonchev–Trinajstić information content (AvgIpc) is 2.59. The molecule has 1 amide bonds. The van der Waals surface area contributed by atoms with E-state index in [4.69, 9.17) is 0 Å². The van der Waals surface area contributed by atoms with Gasteiger partial charge in [0.1, 0.15) is 0 Å². The van der Waals surface area contributed by atoms with Gasteiger partial charge in [-0.05, 0) is 19.8 Å². The lowest BCUT2D eigenvalue weighted by atomic mass is 9.92. The first-order valence-corrected chi connectivity index (χ1v) is 5.22. The van der Waals surface area contributed by atoms with Crippen LogP contribution < -0.4 is 5.32 Å². The molecule has 0 aromatic carbocycles. The zero-order valence-corrected chi connectivity index (χ0v) is 8.25. The van der Waals surface area contributed by atoms with Crippen LogP contribution >= 0.6 is 0 Å². The Morgan fingerprint density at radius 1 is 1.46 bits per heavy atom. The van der Waals surface area contributed by atoms with Gasteiger partial charge in [-0.15, -0.1) is 0 Å². The number of amides is 1. The molecule has 1 unspecified atom stereocenters. The highest BCUT2D eigenvalue weighted by atomic mass is 16.1. The van der Waals surface area contributed by atoms with Gasteiger partial charge in [-0.2, -0.15) is 0 Å². The van der Waals surface area contributed by atoms with Crippen LogP contribution in [-0.4, -0.2) is 36.0 Å². The smallest absolute Gasteiger partial charge is 0.210 e. The lowest BCUT2D eigenvalue weighted by Crippen LogP contribution is -2.62. The molecular weight excluding hydrogens is 164 g/mol. The van der Waals surface area contributed by atoms with E-state index in [1.54, 1.807) is 0 Å². The average molecular weight is 182 g/mol. The van der Waals surface area contributed by atoms with E-state index in [9.17, 15) is 4.79 Å². The van der Waals surface area contributed by atoms with Crippen molar-refractivity contribution in [3.8, 4) is 0 Å². The summed E-state index contributed by atoms with van der Waals surface area (Å²) in [4.78, 5) is 13.0. The van der Waals surface area contributed by atoms with Gasteiger partial charge in [0.2, 0.25) is 6.41 Å². The Morgan fingerprint density at radius 3 is 2.77 bits per heavy atom. The van der Waals surface area contributed by atoms with Crippen molar-refractivity contribution < 1.29 is 4.79 Å². The number of rotatable bonds is 1. The van der Waals surface area contributed by atoms with Crippen molar-refractivity contribution in [2.75, 3.05) is 13.1 Å². The van der Waals surface area contributed by atoms with E-state index in [1.807, 2.05) is 4.90 Å². The highest BCUT2D eigenvalue weighted by molar-refractivity contribution is 5.50. The van der Waals surface area contributed by atoms with Gasteiger partial charge in [0, 0.05) is 19.1 Å². The van der Waals surface area contributed by atoms with Gasteiger partial charge in [-0.1, -0.05) is 12.8 Å². The molecule has 1 spiro atoms. The predicted molar refractivity (Wildman–Crippen MR) is 51.4 cm³/mol. The van der Waals surface area contributed by atoms with Crippen LogP contribution in [0.3, 0.4) is 0 Å². The lowest BCUT2D eigenvalue weighted by Gasteiger charge is -2.45. The molecule has 0 aromatic heterocycles. The number of carbonyl (C=O) groups is 1. The van der Waals surface area contributed by atoms with Crippen molar-refractivity contribution in [2.45, 2.75) is 44.2 Å². The highest BCUT2D eigenvalue weighted by Gasteiger charge is 2.41. The van der Waals surface area contributed by atoms with Gasteiger partial charge >= 0.3 is 0 Å². The van der Waals surface area contributed by atoms with Gasteiger partial charge in [-0.3, -0.25) is 4.79 Å². The lowest BCUT2D eigenvalue weighted by molar-refractivity contribution is -0.126. The number of nitrogens with one attached hydrogen (secondary N) is 1. The highest BCUT2D eigenvalue weighted by Crippen LogP contribution is 2.35. The van der Waals surface area contributed by atoms with E-state index in [0.29, 0.717) is 6.04 Å². The summed E-state index contributed by atoms with van der Waals surface area (Å²) in [6, 6.07) is 0.455. The second kappa shape index (κ2) is 3.29. The van der Waals surface area contributed by atoms with Crippen molar-refractivity contribution in [1.82, 2.24) is 10.2 Å². The number of piperazine rings is 1. The summed E-state index contributed by atoms with van der Waals surface area (Å²) in [7, 11) is 0. The number of carbonyl (C=O) groups excluding carboxylic acids is 1. The molecule has 3 heteroatoms. The summed E-state index contributed by atoms with van der Waals surface area (Å²) in [5.41, 5.74) is 0.175. The van der Waals surface area contributed by atoms with Crippen LogP contribution in [0.1, 0.15) is 32.6 Å². The van der Waals surface area contributed by atoms with E-state index in [1.165, 1.54) is 25.7 Å². The van der Waals surface area contributed by atoms with Gasteiger partial charge in [-0.25, -0.2) is 0 Å². The summed E-state index contributed by atoms with van der Waals surface area (Å²) in [5.74, 6) is 0. The summed E-state index contributed by atoms with van der Waals surface area (Å²) in [5, 5.41) is 3.48. The molecule has 0 radical (unpaired) electrons. The quantitative estimate of drug-likeness (QED) is 0.607. The van der Waals surface area contributed by atoms with Crippen molar-refractivity contribution in [2.24, 2.45) is 0 Å². The van der Waals surface area contributed by atoms with Crippen molar-refractivity contribution in [3.05, 3.63) is 0 Å². The standard InChI is InChI=1S/C10H18N2O/c1-9-6-12(8-13)10(7-11-9)4-2-3-5-10/h8-9,11H,2-7H2,1H3. The molecule has 1 atom stereocenters. The first kappa shape index (κ1) is 9.00. The normalized spacial score (nSPS) is 32.4. The topological polar surface area (TPSA) is 32.3 Å². The van der Waals surface area contributed by atoms with E-state index in [2.05, 4.69) is 12.2 Å². The van der Waals surface area contributed by atoms with Gasteiger partial charge < -0.3 is 10.2 Å². The third-order valence-electron chi connectivity index (χ3n) is 3.52. The first-order chi connectivity index (χ1) is 6.27. The third kappa shape index (κ3) is 1.46. The summed E-state index contributed by atoms with van der Waals surface area (Å²) in [6.45, 7) is 4.01. The Labute approximate surface area is 79.5 Å². The Morgan fingerprint density at radius 2 is 2.15 bits per heavy atom. The molecule has 1 heterocycles. The third-order valence-corrected chi connectivity index (χ3v) is 3.52. The summed E-state index contributed by atoms with van der Waals surface area (Å²) >= 11 is 0. The molecule has 2 rings (SSSR count). The van der Waals surface area contributed by atoms with Crippen LogP contribution in [0.25, 0.3) is 0 Å². The molecule has 74 valence electrons. The van der Waals surface area contributed by atoms with Crippen molar-refractivity contribution in [3.63, 3.8) is 0 Å². The summed E-state index contributed by atoms with van der Waals surface area (Å²) in [6.07, 6.45) is 5.97. The minimum atomic E-state index is 0.175. The molecule has 1 saturated carbocycles. The van der Waals surface area contributed by atoms with Crippen molar-refractivity contribution in [1.29, 1.82) is 0 Å². The number of hydrogen-bond donors (Lipinski definition) is 1. The van der Waals surface area contributed by atoms with E-state index >= 15 is 0 Å². The number of hydrogen-bond acceptors (Lipinski definition) is 2. The molecule has 2 fully saturated rings. The minimum Gasteiger partial charge on any atom is -0.337 e. The van der Waals surface area contributed by atoms with Crippen LogP contribution in [-0.2, 0) is 4.79 Å². The molecule has 1 aliphatic carbocycles. The second-order valence-corrected chi connectivity index (χ2v) is 4.47. The first-order valence-electron chi connectivity index (χ1n) is 5.22. The molecule has 2 aliphatic rings. The second-order valence-electron chi connectivity index (χ2n) is 4.47. The fourth-order valence-electron chi connectivity index (χ4n) is 2.67. The van der Waals surface area contributed by atoms with Gasteiger partial charge in [0.15, 0.2) is 0 Å². The molecule has 3 nitrogen and oxygen atoms in total. The van der Waals surface area contributed by atoms with Crippen LogP contribution in [0.4, 0.5) is 0 Å². The zero-order chi connectivity index (χ0) is 9.31. The maximum absolute atomic E-state index is 11.0. The fraction of sp³-hybridized carbons (Fsp3) is 0.900. The molecular formula is C10H18N2O. The summed E-state index contributed by atoms with van der Waals surface area (Å²) < 4.78 is 0. The predicted octanol–water partition coefficient (Wildman–Crippen LogP) is 0.749. The van der Waals surface area contributed by atoms with Crippen LogP contribution in [0.2, 0.25) is 0 Å². The maximum atomic E-state index is 11.0.